The maximum absolute atomic E-state index is 12.5. The normalized spacial score (nSPS) is 16.6. The second kappa shape index (κ2) is 6.13. The number of nitrogens with zero attached hydrogens (tertiary/aromatic N) is 2. The maximum atomic E-state index is 12.5. The summed E-state index contributed by atoms with van der Waals surface area (Å²) < 4.78 is 0. The lowest BCUT2D eigenvalue weighted by Crippen LogP contribution is -2.40. The van der Waals surface area contributed by atoms with Crippen molar-refractivity contribution in [3.63, 3.8) is 0 Å². The van der Waals surface area contributed by atoms with Crippen LogP contribution >= 0.6 is 0 Å². The van der Waals surface area contributed by atoms with Crippen LogP contribution in [0.15, 0.2) is 18.2 Å². The Kier molecular flexibility index (Phi) is 4.49. The van der Waals surface area contributed by atoms with Gasteiger partial charge in [-0.15, -0.1) is 0 Å². The molecule has 0 unspecified atom stereocenters. The number of carbonyl (C=O) groups excluding carboxylic acids is 1. The maximum Gasteiger partial charge on any atom is 0.255 e. The van der Waals surface area contributed by atoms with Gasteiger partial charge in [0.15, 0.2) is 0 Å². The van der Waals surface area contributed by atoms with Crippen molar-refractivity contribution in [3.05, 3.63) is 23.8 Å². The molecule has 0 aliphatic carbocycles. The highest BCUT2D eigenvalue weighted by Crippen LogP contribution is 2.22. The lowest BCUT2D eigenvalue weighted by molar-refractivity contribution is 0.0679. The summed E-state index contributed by atoms with van der Waals surface area (Å²) in [6, 6.07) is 5.09. The van der Waals surface area contributed by atoms with Crippen LogP contribution in [0.3, 0.4) is 0 Å². The average molecular weight is 276 g/mol. The monoisotopic (exact) mass is 276 g/mol. The standard InChI is InChI=1S/C15H24N4O/c1-18(2)10-11-5-7-19(8-6-11)15(20)13-4-3-12(16)9-14(13)17/h3-4,9,11H,5-8,10,16-17H2,1-2H3. The van der Waals surface area contributed by atoms with Gasteiger partial charge in [-0.3, -0.25) is 4.79 Å². The zero-order chi connectivity index (χ0) is 14.7. The number of nitrogen functional groups attached to an aromatic ring is 2. The van der Waals surface area contributed by atoms with E-state index in [9.17, 15) is 4.79 Å². The number of amides is 1. The Morgan fingerprint density at radius 3 is 2.50 bits per heavy atom. The van der Waals surface area contributed by atoms with Crippen molar-refractivity contribution in [2.45, 2.75) is 12.8 Å². The van der Waals surface area contributed by atoms with Crippen molar-refractivity contribution < 1.29 is 4.79 Å². The molecule has 2 rings (SSSR count). The van der Waals surface area contributed by atoms with E-state index in [1.54, 1.807) is 18.2 Å². The molecule has 0 spiro atoms. The highest BCUT2D eigenvalue weighted by molar-refractivity contribution is 5.99. The fourth-order valence-electron chi connectivity index (χ4n) is 2.78. The van der Waals surface area contributed by atoms with Gasteiger partial charge in [0.1, 0.15) is 0 Å². The van der Waals surface area contributed by atoms with Gasteiger partial charge in [0.25, 0.3) is 5.91 Å². The molecular formula is C15H24N4O. The number of hydrogen-bond acceptors (Lipinski definition) is 4. The fraction of sp³-hybridized carbons (Fsp3) is 0.533. The quantitative estimate of drug-likeness (QED) is 0.815. The van der Waals surface area contributed by atoms with Crippen LogP contribution in [-0.2, 0) is 0 Å². The summed E-state index contributed by atoms with van der Waals surface area (Å²) in [6.45, 7) is 2.70. The highest BCUT2D eigenvalue weighted by atomic mass is 16.2. The van der Waals surface area contributed by atoms with E-state index in [1.165, 1.54) is 0 Å². The first-order chi connectivity index (χ1) is 9.47. The zero-order valence-electron chi connectivity index (χ0n) is 12.3. The van der Waals surface area contributed by atoms with Crippen molar-refractivity contribution in [1.82, 2.24) is 9.80 Å². The fourth-order valence-corrected chi connectivity index (χ4v) is 2.78. The van der Waals surface area contributed by atoms with Gasteiger partial charge in [-0.2, -0.15) is 0 Å². The number of nitrogens with two attached hydrogens (primary N) is 2. The first-order valence-corrected chi connectivity index (χ1v) is 7.06. The summed E-state index contributed by atoms with van der Waals surface area (Å²) in [5, 5.41) is 0. The lowest BCUT2D eigenvalue weighted by Gasteiger charge is -2.33. The molecule has 1 saturated heterocycles. The van der Waals surface area contributed by atoms with Crippen LogP contribution in [0.2, 0.25) is 0 Å². The predicted molar refractivity (Wildman–Crippen MR) is 82.4 cm³/mol. The van der Waals surface area contributed by atoms with Gasteiger partial charge in [0.05, 0.1) is 5.56 Å². The van der Waals surface area contributed by atoms with Crippen LogP contribution in [0, 0.1) is 5.92 Å². The highest BCUT2D eigenvalue weighted by Gasteiger charge is 2.24. The minimum atomic E-state index is 0.0193. The number of likely N-dealkylation sites (tertiary alicyclic amines) is 1. The molecule has 1 aromatic rings. The second-order valence-corrected chi connectivity index (χ2v) is 5.84. The molecule has 1 aliphatic rings. The van der Waals surface area contributed by atoms with Crippen LogP contribution in [0.4, 0.5) is 11.4 Å². The van der Waals surface area contributed by atoms with Crippen molar-refractivity contribution in [2.75, 3.05) is 45.2 Å². The molecule has 4 N–H and O–H groups in total. The van der Waals surface area contributed by atoms with Crippen LogP contribution in [-0.4, -0.2) is 49.4 Å². The van der Waals surface area contributed by atoms with Crippen LogP contribution in [0.5, 0.6) is 0 Å². The molecule has 0 aromatic heterocycles. The van der Waals surface area contributed by atoms with E-state index in [0.717, 1.165) is 32.5 Å². The van der Waals surface area contributed by atoms with Gasteiger partial charge in [-0.25, -0.2) is 0 Å². The third kappa shape index (κ3) is 3.42. The Hall–Kier alpha value is -1.75. The Balaban J connectivity index is 1.98. The van der Waals surface area contributed by atoms with Crippen LogP contribution in [0.25, 0.3) is 0 Å². The number of carbonyl (C=O) groups is 1. The molecule has 20 heavy (non-hydrogen) atoms. The molecule has 1 amide bonds. The number of rotatable bonds is 3. The van der Waals surface area contributed by atoms with Crippen LogP contribution < -0.4 is 11.5 Å². The van der Waals surface area contributed by atoms with Gasteiger partial charge in [0.2, 0.25) is 0 Å². The zero-order valence-corrected chi connectivity index (χ0v) is 12.3. The molecule has 0 atom stereocenters. The van der Waals surface area contributed by atoms with E-state index < -0.39 is 0 Å². The number of benzene rings is 1. The lowest BCUT2D eigenvalue weighted by atomic mass is 9.96. The summed E-state index contributed by atoms with van der Waals surface area (Å²) in [4.78, 5) is 16.6. The minimum Gasteiger partial charge on any atom is -0.399 e. The van der Waals surface area contributed by atoms with E-state index in [1.807, 2.05) is 4.90 Å². The Labute approximate surface area is 120 Å². The molecule has 1 fully saturated rings. The van der Waals surface area contributed by atoms with E-state index in [2.05, 4.69) is 19.0 Å². The Morgan fingerprint density at radius 2 is 1.95 bits per heavy atom. The third-order valence-corrected chi connectivity index (χ3v) is 3.83. The summed E-state index contributed by atoms with van der Waals surface area (Å²) >= 11 is 0. The largest absolute Gasteiger partial charge is 0.399 e. The molecule has 1 heterocycles. The van der Waals surface area contributed by atoms with E-state index in [0.29, 0.717) is 22.9 Å². The topological polar surface area (TPSA) is 75.6 Å². The number of piperidine rings is 1. The van der Waals surface area contributed by atoms with E-state index >= 15 is 0 Å². The van der Waals surface area contributed by atoms with Crippen molar-refractivity contribution in [3.8, 4) is 0 Å². The first-order valence-electron chi connectivity index (χ1n) is 7.06. The number of hydrogen-bond donors (Lipinski definition) is 2. The summed E-state index contributed by atoms with van der Waals surface area (Å²) in [7, 11) is 4.18. The molecule has 5 nitrogen and oxygen atoms in total. The smallest absolute Gasteiger partial charge is 0.255 e. The summed E-state index contributed by atoms with van der Waals surface area (Å²) in [5.41, 5.74) is 13.2. The minimum absolute atomic E-state index is 0.0193. The van der Waals surface area contributed by atoms with Crippen molar-refractivity contribution in [2.24, 2.45) is 5.92 Å². The van der Waals surface area contributed by atoms with Gasteiger partial charge >= 0.3 is 0 Å². The second-order valence-electron chi connectivity index (χ2n) is 5.84. The summed E-state index contributed by atoms with van der Waals surface area (Å²) in [6.07, 6.45) is 2.11. The Morgan fingerprint density at radius 1 is 1.30 bits per heavy atom. The van der Waals surface area contributed by atoms with Crippen LogP contribution in [0.1, 0.15) is 23.2 Å². The molecule has 5 heteroatoms. The van der Waals surface area contributed by atoms with Gasteiger partial charge in [0, 0.05) is 31.0 Å². The molecular weight excluding hydrogens is 252 g/mol. The predicted octanol–water partition coefficient (Wildman–Crippen LogP) is 1.26. The van der Waals surface area contributed by atoms with E-state index in [-0.39, 0.29) is 5.91 Å². The van der Waals surface area contributed by atoms with E-state index in [4.69, 9.17) is 11.5 Å². The molecule has 0 radical (unpaired) electrons. The molecule has 110 valence electrons. The summed E-state index contributed by atoms with van der Waals surface area (Å²) in [5.74, 6) is 0.698. The SMILES string of the molecule is CN(C)CC1CCN(C(=O)c2ccc(N)cc2N)CC1. The van der Waals surface area contributed by atoms with Gasteiger partial charge in [-0.05, 0) is 51.1 Å². The Bertz CT molecular complexity index is 479. The number of anilines is 2. The van der Waals surface area contributed by atoms with Crippen molar-refractivity contribution in [1.29, 1.82) is 0 Å². The van der Waals surface area contributed by atoms with Gasteiger partial charge in [-0.1, -0.05) is 0 Å². The van der Waals surface area contributed by atoms with Crippen molar-refractivity contribution >= 4 is 17.3 Å². The molecule has 1 aromatic carbocycles. The average Bonchev–Trinajstić information content (AvgIpc) is 2.38. The molecule has 0 bridgehead atoms. The molecule has 1 aliphatic heterocycles. The molecule has 0 saturated carbocycles. The first kappa shape index (κ1) is 14.7. The van der Waals surface area contributed by atoms with Gasteiger partial charge < -0.3 is 21.3 Å². The third-order valence-electron chi connectivity index (χ3n) is 3.83.